The summed E-state index contributed by atoms with van der Waals surface area (Å²) < 4.78 is 0.442. The largest absolute Gasteiger partial charge is 0.352 e. The van der Waals surface area contributed by atoms with E-state index < -0.39 is 0 Å². The number of carbonyl (C=O) groups excluding carboxylic acids is 1. The highest BCUT2D eigenvalue weighted by Crippen LogP contribution is 2.64. The van der Waals surface area contributed by atoms with Crippen LogP contribution >= 0.6 is 35.1 Å². The first kappa shape index (κ1) is 17.1. The monoisotopic (exact) mass is 381 g/mol. The van der Waals surface area contributed by atoms with Crippen LogP contribution in [0.5, 0.6) is 0 Å². The Morgan fingerprint density at radius 3 is 2.50 bits per heavy atom. The van der Waals surface area contributed by atoms with Crippen molar-refractivity contribution in [2.75, 3.05) is 11.5 Å². The lowest BCUT2D eigenvalue weighted by atomic mass is 9.67. The van der Waals surface area contributed by atoms with Crippen LogP contribution in [0.3, 0.4) is 0 Å². The van der Waals surface area contributed by atoms with Gasteiger partial charge in [0, 0.05) is 29.0 Å². The fourth-order valence-corrected chi connectivity index (χ4v) is 8.93. The van der Waals surface area contributed by atoms with Crippen molar-refractivity contribution in [3.63, 3.8) is 0 Å². The highest BCUT2D eigenvalue weighted by molar-refractivity contribution is 8.21. The minimum Gasteiger partial charge on any atom is -0.352 e. The van der Waals surface area contributed by atoms with E-state index in [0.29, 0.717) is 10.6 Å². The van der Waals surface area contributed by atoms with Crippen LogP contribution < -0.4 is 5.32 Å². The summed E-state index contributed by atoms with van der Waals surface area (Å²) in [5.41, 5.74) is 1.00. The van der Waals surface area contributed by atoms with E-state index in [2.05, 4.69) is 28.8 Å². The highest BCUT2D eigenvalue weighted by Gasteiger charge is 2.55. The maximum absolute atomic E-state index is 12.7. The van der Waals surface area contributed by atoms with Crippen molar-refractivity contribution < 1.29 is 4.79 Å². The van der Waals surface area contributed by atoms with E-state index in [-0.39, 0.29) is 11.8 Å². The molecule has 24 heavy (non-hydrogen) atoms. The Bertz CT molecular complexity index is 601. The molecule has 1 amide bonds. The quantitative estimate of drug-likeness (QED) is 0.802. The van der Waals surface area contributed by atoms with Crippen LogP contribution in [0.2, 0.25) is 5.02 Å². The number of hydrogen-bond donors (Lipinski definition) is 1. The zero-order valence-electron chi connectivity index (χ0n) is 13.8. The van der Waals surface area contributed by atoms with Crippen molar-refractivity contribution in [3.05, 3.63) is 34.9 Å². The molecule has 3 aliphatic rings. The lowest BCUT2D eigenvalue weighted by molar-refractivity contribution is -0.127. The van der Waals surface area contributed by atoms with E-state index in [1.54, 1.807) is 0 Å². The molecule has 130 valence electrons. The minimum atomic E-state index is 0.190. The van der Waals surface area contributed by atoms with Gasteiger partial charge in [0.1, 0.15) is 0 Å². The van der Waals surface area contributed by atoms with Crippen LogP contribution in [0.1, 0.15) is 37.7 Å². The number of halogens is 1. The third-order valence-electron chi connectivity index (χ3n) is 5.90. The highest BCUT2D eigenvalue weighted by atomic mass is 35.5. The molecular formula is C19H24ClNOS2. The topological polar surface area (TPSA) is 29.1 Å². The first-order valence-electron chi connectivity index (χ1n) is 8.98. The number of amides is 1. The fraction of sp³-hybridized carbons (Fsp3) is 0.632. The zero-order valence-corrected chi connectivity index (χ0v) is 16.2. The predicted octanol–water partition coefficient (Wildman–Crippen LogP) is 4.96. The Morgan fingerprint density at radius 2 is 1.83 bits per heavy atom. The van der Waals surface area contributed by atoms with Gasteiger partial charge >= 0.3 is 0 Å². The summed E-state index contributed by atoms with van der Waals surface area (Å²) in [6.07, 6.45) is 6.12. The van der Waals surface area contributed by atoms with Gasteiger partial charge in [-0.25, -0.2) is 0 Å². The molecule has 5 heteroatoms. The first-order valence-corrected chi connectivity index (χ1v) is 11.3. The van der Waals surface area contributed by atoms with Crippen molar-refractivity contribution in [2.24, 2.45) is 17.8 Å². The Hall–Kier alpha value is -0.320. The molecule has 1 aromatic rings. The Morgan fingerprint density at radius 1 is 1.17 bits per heavy atom. The lowest BCUT2D eigenvalue weighted by Crippen LogP contribution is -2.49. The second kappa shape index (κ2) is 7.13. The molecule has 1 heterocycles. The molecule has 2 atom stereocenters. The molecule has 4 rings (SSSR count). The third-order valence-corrected chi connectivity index (χ3v) is 10.3. The average Bonchev–Trinajstić information content (AvgIpc) is 3.03. The maximum Gasteiger partial charge on any atom is 0.223 e. The Labute approximate surface area is 157 Å². The van der Waals surface area contributed by atoms with E-state index >= 15 is 0 Å². The summed E-state index contributed by atoms with van der Waals surface area (Å²) in [7, 11) is 0. The Kier molecular flexibility index (Phi) is 5.08. The van der Waals surface area contributed by atoms with Crippen molar-refractivity contribution >= 4 is 41.0 Å². The van der Waals surface area contributed by atoms with Gasteiger partial charge in [0.2, 0.25) is 5.91 Å². The van der Waals surface area contributed by atoms with Crippen LogP contribution in [0.4, 0.5) is 0 Å². The molecule has 1 N–H and O–H groups in total. The number of nitrogens with one attached hydrogen (secondary N) is 1. The summed E-state index contributed by atoms with van der Waals surface area (Å²) in [4.78, 5) is 12.7. The summed E-state index contributed by atoms with van der Waals surface area (Å²) >= 11 is 10.6. The normalized spacial score (nSPS) is 31.1. The van der Waals surface area contributed by atoms with E-state index in [1.807, 2.05) is 24.3 Å². The van der Waals surface area contributed by atoms with Gasteiger partial charge < -0.3 is 5.32 Å². The molecule has 2 unspecified atom stereocenters. The van der Waals surface area contributed by atoms with Crippen molar-refractivity contribution in [1.82, 2.24) is 5.32 Å². The van der Waals surface area contributed by atoms with E-state index in [9.17, 15) is 4.79 Å². The van der Waals surface area contributed by atoms with Crippen molar-refractivity contribution in [3.8, 4) is 0 Å². The minimum absolute atomic E-state index is 0.190. The number of rotatable bonds is 3. The van der Waals surface area contributed by atoms with Gasteiger partial charge in [0.05, 0.1) is 4.08 Å². The second-order valence-electron chi connectivity index (χ2n) is 7.22. The SMILES string of the molecule is O=C(NCc1ccccc1Cl)C1CC2CCCC(C1)C21SCCS1. The summed E-state index contributed by atoms with van der Waals surface area (Å²) in [5, 5.41) is 3.87. The molecule has 0 radical (unpaired) electrons. The molecular weight excluding hydrogens is 358 g/mol. The van der Waals surface area contributed by atoms with E-state index in [0.717, 1.165) is 35.3 Å². The van der Waals surface area contributed by atoms with Crippen LogP contribution in [0.15, 0.2) is 24.3 Å². The molecule has 1 saturated heterocycles. The molecule has 1 aliphatic heterocycles. The van der Waals surface area contributed by atoms with Crippen LogP contribution in [-0.2, 0) is 11.3 Å². The number of carbonyl (C=O) groups is 1. The van der Waals surface area contributed by atoms with Gasteiger partial charge in [0.15, 0.2) is 0 Å². The smallest absolute Gasteiger partial charge is 0.223 e. The molecule has 3 fully saturated rings. The molecule has 2 bridgehead atoms. The van der Waals surface area contributed by atoms with Crippen LogP contribution in [-0.4, -0.2) is 21.5 Å². The van der Waals surface area contributed by atoms with Gasteiger partial charge in [-0.2, -0.15) is 0 Å². The van der Waals surface area contributed by atoms with Gasteiger partial charge in [-0.15, -0.1) is 23.5 Å². The van der Waals surface area contributed by atoms with Gasteiger partial charge in [-0.05, 0) is 49.1 Å². The van der Waals surface area contributed by atoms with Crippen molar-refractivity contribution in [2.45, 2.75) is 42.7 Å². The van der Waals surface area contributed by atoms with Gasteiger partial charge in [-0.1, -0.05) is 36.2 Å². The number of benzene rings is 1. The van der Waals surface area contributed by atoms with Crippen LogP contribution in [0.25, 0.3) is 0 Å². The predicted molar refractivity (Wildman–Crippen MR) is 105 cm³/mol. The number of hydrogen-bond acceptors (Lipinski definition) is 3. The molecule has 2 saturated carbocycles. The molecule has 0 aromatic heterocycles. The lowest BCUT2D eigenvalue weighted by Gasteiger charge is -2.52. The molecule has 1 spiro atoms. The molecule has 2 aliphatic carbocycles. The average molecular weight is 382 g/mol. The number of thioether (sulfide) groups is 2. The second-order valence-corrected chi connectivity index (χ2v) is 10.6. The Balaban J connectivity index is 1.41. The standard InChI is InChI=1S/C19H24ClNOS2/c20-17-7-2-1-4-13(17)12-21-18(22)14-10-15-5-3-6-16(11-14)19(15)23-8-9-24-19/h1-2,4,7,14-16H,3,5-6,8-12H2,(H,21,22). The fourth-order valence-electron chi connectivity index (χ4n) is 4.79. The van der Waals surface area contributed by atoms with Gasteiger partial charge in [0.25, 0.3) is 0 Å². The molecule has 2 nitrogen and oxygen atoms in total. The van der Waals surface area contributed by atoms with Crippen LogP contribution in [0, 0.1) is 17.8 Å². The van der Waals surface area contributed by atoms with E-state index in [1.165, 1.54) is 30.8 Å². The first-order chi connectivity index (χ1) is 11.7. The summed E-state index contributed by atoms with van der Waals surface area (Å²) in [5.74, 6) is 4.45. The van der Waals surface area contributed by atoms with E-state index in [4.69, 9.17) is 11.6 Å². The summed E-state index contributed by atoms with van der Waals surface area (Å²) in [6, 6.07) is 7.76. The van der Waals surface area contributed by atoms with Crippen molar-refractivity contribution in [1.29, 1.82) is 0 Å². The zero-order chi connectivity index (χ0) is 16.6. The summed E-state index contributed by atoms with van der Waals surface area (Å²) in [6.45, 7) is 0.541. The third kappa shape index (κ3) is 3.10. The molecule has 1 aromatic carbocycles. The van der Waals surface area contributed by atoms with Gasteiger partial charge in [-0.3, -0.25) is 4.79 Å². The maximum atomic E-state index is 12.7.